The van der Waals surface area contributed by atoms with Gasteiger partial charge in [-0.25, -0.2) is 0 Å². The van der Waals surface area contributed by atoms with E-state index in [1.807, 2.05) is 0 Å². The van der Waals surface area contributed by atoms with Crippen molar-refractivity contribution in [3.63, 3.8) is 0 Å². The van der Waals surface area contributed by atoms with E-state index in [4.69, 9.17) is 0 Å². The lowest BCUT2D eigenvalue weighted by Crippen LogP contribution is -2.36. The summed E-state index contributed by atoms with van der Waals surface area (Å²) in [5, 5.41) is 3.69. The van der Waals surface area contributed by atoms with Gasteiger partial charge in [-0.05, 0) is 49.5 Å². The molecule has 1 unspecified atom stereocenters. The lowest BCUT2D eigenvalue weighted by atomic mass is 9.72. The minimum atomic E-state index is 0.608. The third kappa shape index (κ3) is 3.98. The molecule has 2 rings (SSSR count). The topological polar surface area (TPSA) is 12.0 Å². The summed E-state index contributed by atoms with van der Waals surface area (Å²) in [5.74, 6) is 2.08. The molecule has 2 fully saturated rings. The van der Waals surface area contributed by atoms with E-state index in [0.29, 0.717) is 5.41 Å². The molecule has 0 aromatic carbocycles. The second-order valence-corrected chi connectivity index (χ2v) is 6.81. The molecule has 0 bridgehead atoms. The van der Waals surface area contributed by atoms with Crippen LogP contribution in [0.25, 0.3) is 0 Å². The third-order valence-corrected chi connectivity index (χ3v) is 5.00. The molecule has 0 spiro atoms. The molecule has 0 aromatic heterocycles. The SMILES string of the molecule is CCCNCC(C)(CC1CCCCC1)C1CC1. The second-order valence-electron chi connectivity index (χ2n) is 6.81. The maximum absolute atomic E-state index is 3.69. The van der Waals surface area contributed by atoms with Crippen LogP contribution >= 0.6 is 0 Å². The molecular formula is C16H31N. The van der Waals surface area contributed by atoms with Gasteiger partial charge in [0, 0.05) is 6.54 Å². The zero-order valence-electron chi connectivity index (χ0n) is 11.9. The fourth-order valence-corrected chi connectivity index (χ4v) is 3.76. The highest BCUT2D eigenvalue weighted by atomic mass is 14.9. The number of nitrogens with one attached hydrogen (secondary N) is 1. The first-order valence-corrected chi connectivity index (χ1v) is 7.95. The molecule has 0 heterocycles. The van der Waals surface area contributed by atoms with Crippen LogP contribution in [0.15, 0.2) is 0 Å². The Morgan fingerprint density at radius 3 is 2.35 bits per heavy atom. The minimum Gasteiger partial charge on any atom is -0.316 e. The summed E-state index contributed by atoms with van der Waals surface area (Å²) in [6, 6.07) is 0. The van der Waals surface area contributed by atoms with Crippen LogP contribution in [-0.2, 0) is 0 Å². The zero-order chi connectivity index (χ0) is 12.1. The smallest absolute Gasteiger partial charge is 0.000791 e. The molecule has 1 atom stereocenters. The van der Waals surface area contributed by atoms with Crippen LogP contribution in [0.3, 0.4) is 0 Å². The quantitative estimate of drug-likeness (QED) is 0.648. The largest absolute Gasteiger partial charge is 0.316 e. The average molecular weight is 237 g/mol. The van der Waals surface area contributed by atoms with Crippen LogP contribution in [-0.4, -0.2) is 13.1 Å². The van der Waals surface area contributed by atoms with Crippen molar-refractivity contribution in [3.8, 4) is 0 Å². The van der Waals surface area contributed by atoms with Gasteiger partial charge in [-0.3, -0.25) is 0 Å². The van der Waals surface area contributed by atoms with E-state index in [-0.39, 0.29) is 0 Å². The molecule has 1 N–H and O–H groups in total. The van der Waals surface area contributed by atoms with Gasteiger partial charge in [-0.2, -0.15) is 0 Å². The van der Waals surface area contributed by atoms with Gasteiger partial charge >= 0.3 is 0 Å². The summed E-state index contributed by atoms with van der Waals surface area (Å²) in [6.07, 6.45) is 13.3. The van der Waals surface area contributed by atoms with E-state index >= 15 is 0 Å². The Bertz CT molecular complexity index is 216. The van der Waals surface area contributed by atoms with Gasteiger partial charge in [-0.1, -0.05) is 46.0 Å². The maximum atomic E-state index is 3.69. The average Bonchev–Trinajstić information content (AvgIpc) is 3.15. The minimum absolute atomic E-state index is 0.608. The molecule has 2 aliphatic carbocycles. The van der Waals surface area contributed by atoms with Crippen molar-refractivity contribution in [2.45, 2.75) is 71.6 Å². The van der Waals surface area contributed by atoms with Crippen molar-refractivity contribution in [3.05, 3.63) is 0 Å². The van der Waals surface area contributed by atoms with Crippen molar-refractivity contribution in [1.82, 2.24) is 5.32 Å². The van der Waals surface area contributed by atoms with Crippen molar-refractivity contribution in [2.24, 2.45) is 17.3 Å². The third-order valence-electron chi connectivity index (χ3n) is 5.00. The number of rotatable bonds is 7. The second kappa shape index (κ2) is 6.22. The lowest BCUT2D eigenvalue weighted by Gasteiger charge is -2.35. The van der Waals surface area contributed by atoms with Crippen LogP contribution in [0.5, 0.6) is 0 Å². The standard InChI is InChI=1S/C16H31N/c1-3-11-17-13-16(2,15-9-10-15)12-14-7-5-4-6-8-14/h14-15,17H,3-13H2,1-2H3. The molecule has 0 radical (unpaired) electrons. The van der Waals surface area contributed by atoms with Crippen molar-refractivity contribution >= 4 is 0 Å². The Morgan fingerprint density at radius 1 is 1.06 bits per heavy atom. The number of hydrogen-bond acceptors (Lipinski definition) is 1. The van der Waals surface area contributed by atoms with E-state index in [2.05, 4.69) is 19.2 Å². The summed E-state index contributed by atoms with van der Waals surface area (Å²) in [6.45, 7) is 7.29. The summed E-state index contributed by atoms with van der Waals surface area (Å²) >= 11 is 0. The molecule has 0 saturated heterocycles. The first-order valence-electron chi connectivity index (χ1n) is 7.95. The normalized spacial score (nSPS) is 25.8. The summed E-state index contributed by atoms with van der Waals surface area (Å²) in [4.78, 5) is 0. The van der Waals surface area contributed by atoms with Crippen LogP contribution in [0.4, 0.5) is 0 Å². The van der Waals surface area contributed by atoms with Gasteiger partial charge in [0.25, 0.3) is 0 Å². The molecule has 100 valence electrons. The van der Waals surface area contributed by atoms with Crippen molar-refractivity contribution < 1.29 is 0 Å². The molecule has 0 aliphatic heterocycles. The predicted octanol–water partition coefficient (Wildman–Crippen LogP) is 4.37. The molecule has 0 aromatic rings. The van der Waals surface area contributed by atoms with Crippen LogP contribution in [0.2, 0.25) is 0 Å². The molecule has 1 heteroatoms. The van der Waals surface area contributed by atoms with Gasteiger partial charge < -0.3 is 5.32 Å². The van der Waals surface area contributed by atoms with E-state index in [0.717, 1.165) is 11.8 Å². The zero-order valence-corrected chi connectivity index (χ0v) is 11.9. The van der Waals surface area contributed by atoms with Crippen LogP contribution < -0.4 is 5.32 Å². The highest BCUT2D eigenvalue weighted by Gasteiger charge is 2.42. The Labute approximate surface area is 108 Å². The van der Waals surface area contributed by atoms with Gasteiger partial charge in [0.05, 0.1) is 0 Å². The van der Waals surface area contributed by atoms with Gasteiger partial charge in [-0.15, -0.1) is 0 Å². The van der Waals surface area contributed by atoms with Crippen molar-refractivity contribution in [2.75, 3.05) is 13.1 Å². The molecule has 0 amide bonds. The highest BCUT2D eigenvalue weighted by Crippen LogP contribution is 2.50. The Balaban J connectivity index is 1.81. The first kappa shape index (κ1) is 13.4. The first-order chi connectivity index (χ1) is 8.24. The Morgan fingerprint density at radius 2 is 1.76 bits per heavy atom. The number of hydrogen-bond donors (Lipinski definition) is 1. The molecule has 2 aliphatic rings. The maximum Gasteiger partial charge on any atom is 0.000791 e. The Hall–Kier alpha value is -0.0400. The van der Waals surface area contributed by atoms with Crippen LogP contribution in [0.1, 0.15) is 71.6 Å². The van der Waals surface area contributed by atoms with Gasteiger partial charge in [0.15, 0.2) is 0 Å². The van der Waals surface area contributed by atoms with E-state index < -0.39 is 0 Å². The molecule has 2 saturated carbocycles. The van der Waals surface area contributed by atoms with Gasteiger partial charge in [0.2, 0.25) is 0 Å². The summed E-state index contributed by atoms with van der Waals surface area (Å²) < 4.78 is 0. The fraction of sp³-hybridized carbons (Fsp3) is 1.00. The lowest BCUT2D eigenvalue weighted by molar-refractivity contribution is 0.169. The molecule has 1 nitrogen and oxygen atoms in total. The van der Waals surface area contributed by atoms with E-state index in [1.165, 1.54) is 70.9 Å². The predicted molar refractivity (Wildman–Crippen MR) is 75.2 cm³/mol. The highest BCUT2D eigenvalue weighted by molar-refractivity contribution is 4.94. The molecule has 17 heavy (non-hydrogen) atoms. The summed E-state index contributed by atoms with van der Waals surface area (Å²) in [7, 11) is 0. The van der Waals surface area contributed by atoms with Crippen molar-refractivity contribution in [1.29, 1.82) is 0 Å². The fourth-order valence-electron chi connectivity index (χ4n) is 3.76. The monoisotopic (exact) mass is 237 g/mol. The summed E-state index contributed by atoms with van der Waals surface area (Å²) in [5.41, 5.74) is 0.608. The van der Waals surface area contributed by atoms with E-state index in [9.17, 15) is 0 Å². The van der Waals surface area contributed by atoms with Crippen LogP contribution in [0, 0.1) is 17.3 Å². The Kier molecular flexibility index (Phi) is 4.90. The van der Waals surface area contributed by atoms with Gasteiger partial charge in [0.1, 0.15) is 0 Å². The molecular weight excluding hydrogens is 206 g/mol. The van der Waals surface area contributed by atoms with E-state index in [1.54, 1.807) is 0 Å².